The fourth-order valence-electron chi connectivity index (χ4n) is 3.30. The molecule has 3 aromatic rings. The lowest BCUT2D eigenvalue weighted by Gasteiger charge is -2.17. The van der Waals surface area contributed by atoms with Crippen LogP contribution < -0.4 is 5.32 Å². The summed E-state index contributed by atoms with van der Waals surface area (Å²) < 4.78 is 38.4. The van der Waals surface area contributed by atoms with Crippen LogP contribution in [-0.4, -0.2) is 6.54 Å². The van der Waals surface area contributed by atoms with Gasteiger partial charge in [-0.1, -0.05) is 66.7 Å². The molecule has 0 bridgehead atoms. The molecule has 0 aliphatic rings. The van der Waals surface area contributed by atoms with Gasteiger partial charge in [0.1, 0.15) is 0 Å². The monoisotopic (exact) mass is 369 g/mol. The topological polar surface area (TPSA) is 12.0 Å². The van der Waals surface area contributed by atoms with Crippen LogP contribution in [-0.2, 0) is 12.6 Å². The van der Waals surface area contributed by atoms with Gasteiger partial charge in [-0.25, -0.2) is 0 Å². The predicted octanol–water partition coefficient (Wildman–Crippen LogP) is 6.31. The summed E-state index contributed by atoms with van der Waals surface area (Å²) >= 11 is 0. The van der Waals surface area contributed by atoms with E-state index in [-0.39, 0.29) is 6.04 Å². The quantitative estimate of drug-likeness (QED) is 0.380. The zero-order valence-corrected chi connectivity index (χ0v) is 15.0. The van der Waals surface area contributed by atoms with Crippen molar-refractivity contribution in [3.8, 4) is 0 Å². The van der Waals surface area contributed by atoms with E-state index in [1.54, 1.807) is 6.07 Å². The first-order valence-corrected chi connectivity index (χ1v) is 8.99. The first-order valence-electron chi connectivity index (χ1n) is 8.99. The number of alkyl halides is 3. The van der Waals surface area contributed by atoms with Crippen LogP contribution in [0.25, 0.3) is 10.8 Å². The summed E-state index contributed by atoms with van der Waals surface area (Å²) in [7, 11) is 0. The van der Waals surface area contributed by atoms with Gasteiger partial charge in [-0.15, -0.1) is 6.58 Å². The minimum absolute atomic E-state index is 0.00221. The molecule has 1 unspecified atom stereocenters. The summed E-state index contributed by atoms with van der Waals surface area (Å²) in [6.07, 6.45) is -1.09. The Labute approximate surface area is 157 Å². The van der Waals surface area contributed by atoms with E-state index in [4.69, 9.17) is 0 Å². The van der Waals surface area contributed by atoms with Crippen LogP contribution >= 0.6 is 0 Å². The van der Waals surface area contributed by atoms with Gasteiger partial charge in [0.15, 0.2) is 0 Å². The van der Waals surface area contributed by atoms with Gasteiger partial charge in [0.05, 0.1) is 11.6 Å². The Kier molecular flexibility index (Phi) is 5.97. The van der Waals surface area contributed by atoms with Crippen molar-refractivity contribution in [3.05, 3.63) is 96.1 Å². The number of fused-ring (bicyclic) bond motifs is 1. The van der Waals surface area contributed by atoms with Crippen LogP contribution in [0, 0.1) is 0 Å². The van der Waals surface area contributed by atoms with Crippen molar-refractivity contribution >= 4 is 10.8 Å². The number of hydrogen-bond donors (Lipinski definition) is 1. The van der Waals surface area contributed by atoms with Gasteiger partial charge in [-0.3, -0.25) is 0 Å². The third-order valence-electron chi connectivity index (χ3n) is 4.65. The van der Waals surface area contributed by atoms with Gasteiger partial charge in [-0.2, -0.15) is 13.2 Å². The summed E-state index contributed by atoms with van der Waals surface area (Å²) in [6, 6.07) is 19.9. The van der Waals surface area contributed by atoms with Crippen molar-refractivity contribution in [2.24, 2.45) is 0 Å². The standard InChI is InChI=1S/C23H22F3N/c1-2-22(21-14-6-11-18-10-3-4-13-20(18)21)27-15-7-9-17-8-5-12-19(16-17)23(24,25)26/h2-6,8,10-14,16,22,27H,1,7,9,15H2. The summed E-state index contributed by atoms with van der Waals surface area (Å²) in [4.78, 5) is 0. The molecule has 0 saturated heterocycles. The highest BCUT2D eigenvalue weighted by Crippen LogP contribution is 2.30. The van der Waals surface area contributed by atoms with Crippen molar-refractivity contribution in [1.29, 1.82) is 0 Å². The van der Waals surface area contributed by atoms with Crippen LogP contribution in [0.5, 0.6) is 0 Å². The molecule has 3 aromatic carbocycles. The first kappa shape index (κ1) is 19.2. The average Bonchev–Trinajstić information content (AvgIpc) is 2.67. The van der Waals surface area contributed by atoms with E-state index in [1.165, 1.54) is 22.9 Å². The van der Waals surface area contributed by atoms with E-state index in [0.717, 1.165) is 18.1 Å². The highest BCUT2D eigenvalue weighted by molar-refractivity contribution is 5.86. The second kappa shape index (κ2) is 8.40. The van der Waals surface area contributed by atoms with E-state index in [9.17, 15) is 13.2 Å². The molecule has 0 aromatic heterocycles. The molecule has 1 N–H and O–H groups in total. The third kappa shape index (κ3) is 4.77. The number of halogens is 3. The Morgan fingerprint density at radius 1 is 0.963 bits per heavy atom. The van der Waals surface area contributed by atoms with Crippen molar-refractivity contribution < 1.29 is 13.2 Å². The van der Waals surface area contributed by atoms with Crippen LogP contribution in [0.1, 0.15) is 29.2 Å². The Balaban J connectivity index is 1.62. The molecule has 1 atom stereocenters. The van der Waals surface area contributed by atoms with Gasteiger partial charge in [0.25, 0.3) is 0 Å². The summed E-state index contributed by atoms with van der Waals surface area (Å²) in [5.41, 5.74) is 1.27. The molecule has 0 saturated carbocycles. The third-order valence-corrected chi connectivity index (χ3v) is 4.65. The maximum Gasteiger partial charge on any atom is 0.416 e. The second-order valence-electron chi connectivity index (χ2n) is 6.54. The fourth-order valence-corrected chi connectivity index (χ4v) is 3.30. The molecular formula is C23H22F3N. The number of aryl methyl sites for hydroxylation is 1. The minimum atomic E-state index is -4.30. The van der Waals surface area contributed by atoms with E-state index < -0.39 is 11.7 Å². The van der Waals surface area contributed by atoms with Crippen LogP contribution in [0.15, 0.2) is 79.4 Å². The predicted molar refractivity (Wildman–Crippen MR) is 105 cm³/mol. The maximum atomic E-state index is 12.8. The minimum Gasteiger partial charge on any atom is -0.307 e. The van der Waals surface area contributed by atoms with E-state index in [1.807, 2.05) is 24.3 Å². The first-order chi connectivity index (χ1) is 13.0. The van der Waals surface area contributed by atoms with Gasteiger partial charge < -0.3 is 5.32 Å². The zero-order chi connectivity index (χ0) is 19.3. The Hall–Kier alpha value is -2.59. The normalized spacial score (nSPS) is 12.9. The van der Waals surface area contributed by atoms with Gasteiger partial charge in [0, 0.05) is 0 Å². The number of hydrogen-bond acceptors (Lipinski definition) is 1. The number of benzene rings is 3. The molecule has 0 spiro atoms. The van der Waals surface area contributed by atoms with Gasteiger partial charge in [0.2, 0.25) is 0 Å². The fraction of sp³-hybridized carbons (Fsp3) is 0.217. The lowest BCUT2D eigenvalue weighted by molar-refractivity contribution is -0.137. The molecule has 0 aliphatic heterocycles. The summed E-state index contributed by atoms with van der Waals surface area (Å²) in [5.74, 6) is 0. The van der Waals surface area contributed by atoms with Crippen molar-refractivity contribution in [2.75, 3.05) is 6.54 Å². The van der Waals surface area contributed by atoms with E-state index >= 15 is 0 Å². The Morgan fingerprint density at radius 2 is 1.70 bits per heavy atom. The lowest BCUT2D eigenvalue weighted by atomic mass is 9.98. The summed E-state index contributed by atoms with van der Waals surface area (Å²) in [6.45, 7) is 4.62. The molecule has 0 radical (unpaired) electrons. The number of nitrogens with one attached hydrogen (secondary N) is 1. The van der Waals surface area contributed by atoms with Crippen molar-refractivity contribution in [2.45, 2.75) is 25.1 Å². The van der Waals surface area contributed by atoms with Gasteiger partial charge in [-0.05, 0) is 47.4 Å². The zero-order valence-electron chi connectivity index (χ0n) is 15.0. The van der Waals surface area contributed by atoms with Gasteiger partial charge >= 0.3 is 6.18 Å². The summed E-state index contributed by atoms with van der Waals surface area (Å²) in [5, 5.41) is 5.80. The van der Waals surface area contributed by atoms with E-state index in [2.05, 4.69) is 36.2 Å². The Bertz CT molecular complexity index is 909. The smallest absolute Gasteiger partial charge is 0.307 e. The SMILES string of the molecule is C=CC(NCCCc1cccc(C(F)(F)F)c1)c1cccc2ccccc12. The van der Waals surface area contributed by atoms with Crippen molar-refractivity contribution in [3.63, 3.8) is 0 Å². The molecule has 0 heterocycles. The molecule has 1 nitrogen and oxygen atoms in total. The van der Waals surface area contributed by atoms with Crippen molar-refractivity contribution in [1.82, 2.24) is 5.32 Å². The van der Waals surface area contributed by atoms with E-state index in [0.29, 0.717) is 18.5 Å². The molecule has 0 amide bonds. The molecule has 0 fully saturated rings. The van der Waals surface area contributed by atoms with Crippen LogP contribution in [0.2, 0.25) is 0 Å². The molecule has 27 heavy (non-hydrogen) atoms. The van der Waals surface area contributed by atoms with Crippen LogP contribution in [0.3, 0.4) is 0 Å². The highest BCUT2D eigenvalue weighted by Gasteiger charge is 2.30. The second-order valence-corrected chi connectivity index (χ2v) is 6.54. The van der Waals surface area contributed by atoms with Crippen LogP contribution in [0.4, 0.5) is 13.2 Å². The maximum absolute atomic E-state index is 12.8. The molecule has 4 heteroatoms. The highest BCUT2D eigenvalue weighted by atomic mass is 19.4. The largest absolute Gasteiger partial charge is 0.416 e. The molecule has 140 valence electrons. The molecular weight excluding hydrogens is 347 g/mol. The average molecular weight is 369 g/mol. The Morgan fingerprint density at radius 3 is 2.48 bits per heavy atom. The lowest BCUT2D eigenvalue weighted by Crippen LogP contribution is -2.21. The molecule has 3 rings (SSSR count). The number of rotatable bonds is 7. The molecule has 0 aliphatic carbocycles.